The van der Waals surface area contributed by atoms with Crippen molar-refractivity contribution in [2.45, 2.75) is 6.04 Å². The van der Waals surface area contributed by atoms with E-state index < -0.39 is 11.9 Å². The van der Waals surface area contributed by atoms with Gasteiger partial charge in [-0.05, 0) is 34.1 Å². The van der Waals surface area contributed by atoms with Crippen LogP contribution >= 0.6 is 15.9 Å². The second-order valence-electron chi connectivity index (χ2n) is 3.63. The van der Waals surface area contributed by atoms with E-state index in [2.05, 4.69) is 21.4 Å². The van der Waals surface area contributed by atoms with Gasteiger partial charge in [0.2, 0.25) is 0 Å². The Morgan fingerprint density at radius 2 is 2.17 bits per heavy atom. The number of methoxy groups -OCH3 is 1. The molecule has 0 aliphatic heterocycles. The second kappa shape index (κ2) is 5.51. The number of halogens is 2. The monoisotopic (exact) mass is 314 g/mol. The fourth-order valence-electron chi connectivity index (χ4n) is 1.68. The van der Waals surface area contributed by atoms with Gasteiger partial charge < -0.3 is 9.15 Å². The first-order chi connectivity index (χ1) is 8.65. The molecule has 1 atom stereocenters. The molecule has 4 nitrogen and oxygen atoms in total. The molecule has 1 unspecified atom stereocenters. The molecule has 0 saturated carbocycles. The fourth-order valence-corrected chi connectivity index (χ4v) is 2.00. The molecule has 0 aliphatic rings. The van der Waals surface area contributed by atoms with Crippen molar-refractivity contribution in [3.05, 3.63) is 52.1 Å². The average molecular weight is 315 g/mol. The van der Waals surface area contributed by atoms with Gasteiger partial charge in [0.1, 0.15) is 23.4 Å². The second-order valence-corrected chi connectivity index (χ2v) is 4.41. The van der Waals surface area contributed by atoms with Crippen LogP contribution in [0, 0.1) is 5.82 Å². The molecular weight excluding hydrogens is 303 g/mol. The van der Waals surface area contributed by atoms with Crippen LogP contribution in [0.25, 0.3) is 0 Å². The van der Waals surface area contributed by atoms with E-state index in [1.165, 1.54) is 13.2 Å². The third kappa shape index (κ3) is 2.55. The van der Waals surface area contributed by atoms with Gasteiger partial charge in [-0.3, -0.25) is 5.84 Å². The molecule has 1 aromatic heterocycles. The lowest BCUT2D eigenvalue weighted by Crippen LogP contribution is -2.29. The first kappa shape index (κ1) is 13.1. The number of hydrogen-bond donors (Lipinski definition) is 2. The first-order valence-electron chi connectivity index (χ1n) is 5.20. The normalized spacial score (nSPS) is 12.4. The summed E-state index contributed by atoms with van der Waals surface area (Å²) >= 11 is 3.19. The fraction of sp³-hybridized carbons (Fsp3) is 0.167. The highest BCUT2D eigenvalue weighted by Gasteiger charge is 2.20. The van der Waals surface area contributed by atoms with Crippen molar-refractivity contribution in [1.82, 2.24) is 5.43 Å². The van der Waals surface area contributed by atoms with Crippen LogP contribution in [0.15, 0.2) is 39.4 Å². The number of furan rings is 1. The highest BCUT2D eigenvalue weighted by atomic mass is 79.9. The number of hydrazine groups is 1. The van der Waals surface area contributed by atoms with Crippen molar-refractivity contribution < 1.29 is 13.5 Å². The molecule has 0 bridgehead atoms. The van der Waals surface area contributed by atoms with E-state index in [4.69, 9.17) is 15.0 Å². The molecule has 3 N–H and O–H groups in total. The van der Waals surface area contributed by atoms with Crippen molar-refractivity contribution in [3.63, 3.8) is 0 Å². The number of nitrogens with two attached hydrogens (primary N) is 1. The highest BCUT2D eigenvalue weighted by Crippen LogP contribution is 2.28. The van der Waals surface area contributed by atoms with E-state index in [1.54, 1.807) is 24.3 Å². The minimum absolute atomic E-state index is 0.389. The van der Waals surface area contributed by atoms with Crippen LogP contribution in [0.2, 0.25) is 0 Å². The molecule has 18 heavy (non-hydrogen) atoms. The van der Waals surface area contributed by atoms with E-state index in [9.17, 15) is 4.39 Å². The van der Waals surface area contributed by atoms with Gasteiger partial charge in [-0.25, -0.2) is 9.82 Å². The molecule has 96 valence electrons. The van der Waals surface area contributed by atoms with Crippen molar-refractivity contribution in [3.8, 4) is 5.75 Å². The Balaban J connectivity index is 2.39. The summed E-state index contributed by atoms with van der Waals surface area (Å²) in [4.78, 5) is 0. The third-order valence-electron chi connectivity index (χ3n) is 2.56. The summed E-state index contributed by atoms with van der Waals surface area (Å²) in [5.74, 6) is 6.02. The predicted octanol–water partition coefficient (Wildman–Crippen LogP) is 2.74. The number of hydrogen-bond acceptors (Lipinski definition) is 4. The van der Waals surface area contributed by atoms with Gasteiger partial charge in [-0.15, -0.1) is 0 Å². The molecule has 0 fully saturated rings. The summed E-state index contributed by atoms with van der Waals surface area (Å²) in [7, 11) is 1.48. The predicted molar refractivity (Wildman–Crippen MR) is 68.5 cm³/mol. The van der Waals surface area contributed by atoms with Crippen LogP contribution in [0.3, 0.4) is 0 Å². The maximum atomic E-state index is 13.9. The van der Waals surface area contributed by atoms with Gasteiger partial charge in [0.25, 0.3) is 0 Å². The number of rotatable bonds is 4. The first-order valence-corrected chi connectivity index (χ1v) is 6.00. The number of nitrogens with one attached hydrogen (secondary N) is 1. The van der Waals surface area contributed by atoms with Gasteiger partial charge in [0, 0.05) is 11.6 Å². The maximum Gasteiger partial charge on any atom is 0.169 e. The molecule has 1 aromatic carbocycles. The number of ether oxygens (including phenoxy) is 1. The minimum Gasteiger partial charge on any atom is -0.497 e. The molecule has 1 heterocycles. The molecule has 0 saturated heterocycles. The molecule has 0 radical (unpaired) electrons. The van der Waals surface area contributed by atoms with Crippen LogP contribution in [0.1, 0.15) is 17.4 Å². The van der Waals surface area contributed by atoms with E-state index in [1.807, 2.05) is 0 Å². The SMILES string of the molecule is COc1ccc(C(NN)c2ccc(Br)o2)c(F)c1. The van der Waals surface area contributed by atoms with E-state index >= 15 is 0 Å². The van der Waals surface area contributed by atoms with Gasteiger partial charge in [0.15, 0.2) is 4.67 Å². The van der Waals surface area contributed by atoms with Crippen LogP contribution in [0.4, 0.5) is 4.39 Å². The topological polar surface area (TPSA) is 60.4 Å². The van der Waals surface area contributed by atoms with Crippen LogP contribution < -0.4 is 16.0 Å². The Morgan fingerprint density at radius 3 is 2.67 bits per heavy atom. The lowest BCUT2D eigenvalue weighted by molar-refractivity contribution is 0.406. The summed E-state index contributed by atoms with van der Waals surface area (Å²) < 4.78 is 24.8. The summed E-state index contributed by atoms with van der Waals surface area (Å²) in [6.45, 7) is 0. The zero-order valence-corrected chi connectivity index (χ0v) is 11.2. The molecular formula is C12H12BrFN2O2. The zero-order valence-electron chi connectivity index (χ0n) is 9.61. The Hall–Kier alpha value is -1.37. The molecule has 0 aliphatic carbocycles. The van der Waals surface area contributed by atoms with Crippen LogP contribution in [0.5, 0.6) is 5.75 Å². The standard InChI is InChI=1S/C12H12BrFN2O2/c1-17-7-2-3-8(9(14)6-7)12(16-15)10-4-5-11(13)18-10/h2-6,12,16H,15H2,1H3. The van der Waals surface area contributed by atoms with Crippen molar-refractivity contribution >= 4 is 15.9 Å². The molecule has 6 heteroatoms. The summed E-state index contributed by atoms with van der Waals surface area (Å²) in [5.41, 5.74) is 2.92. The summed E-state index contributed by atoms with van der Waals surface area (Å²) in [5, 5.41) is 0. The average Bonchev–Trinajstić information content (AvgIpc) is 2.78. The Bertz CT molecular complexity index is 545. The smallest absolute Gasteiger partial charge is 0.169 e. The van der Waals surface area contributed by atoms with Crippen LogP contribution in [-0.2, 0) is 0 Å². The van der Waals surface area contributed by atoms with E-state index in [0.717, 1.165) is 0 Å². The van der Waals surface area contributed by atoms with Gasteiger partial charge in [-0.2, -0.15) is 0 Å². The molecule has 0 amide bonds. The zero-order chi connectivity index (χ0) is 13.1. The Labute approximate surface area is 112 Å². The maximum absolute atomic E-state index is 13.9. The van der Waals surface area contributed by atoms with E-state index in [0.29, 0.717) is 21.7 Å². The van der Waals surface area contributed by atoms with E-state index in [-0.39, 0.29) is 0 Å². The lowest BCUT2D eigenvalue weighted by Gasteiger charge is -2.15. The van der Waals surface area contributed by atoms with Crippen LogP contribution in [-0.4, -0.2) is 7.11 Å². The molecule has 2 rings (SSSR count). The molecule has 2 aromatic rings. The number of benzene rings is 1. The minimum atomic E-state index is -0.554. The summed E-state index contributed by atoms with van der Waals surface area (Å²) in [6.07, 6.45) is 0. The molecule has 0 spiro atoms. The lowest BCUT2D eigenvalue weighted by atomic mass is 10.0. The van der Waals surface area contributed by atoms with Gasteiger partial charge >= 0.3 is 0 Å². The Kier molecular flexibility index (Phi) is 4.00. The largest absolute Gasteiger partial charge is 0.497 e. The van der Waals surface area contributed by atoms with Crippen molar-refractivity contribution in [2.24, 2.45) is 5.84 Å². The highest BCUT2D eigenvalue weighted by molar-refractivity contribution is 9.10. The van der Waals surface area contributed by atoms with Gasteiger partial charge in [-0.1, -0.05) is 6.07 Å². The summed E-state index contributed by atoms with van der Waals surface area (Å²) in [6, 6.07) is 7.47. The van der Waals surface area contributed by atoms with Crippen molar-refractivity contribution in [1.29, 1.82) is 0 Å². The van der Waals surface area contributed by atoms with Crippen molar-refractivity contribution in [2.75, 3.05) is 7.11 Å². The quantitative estimate of drug-likeness (QED) is 0.673. The Morgan fingerprint density at radius 1 is 1.39 bits per heavy atom. The van der Waals surface area contributed by atoms with Gasteiger partial charge in [0.05, 0.1) is 7.11 Å². The third-order valence-corrected chi connectivity index (χ3v) is 2.99.